The molecule has 0 spiro atoms. The molecule has 88 valence electrons. The van der Waals surface area contributed by atoms with Crippen LogP contribution in [0, 0.1) is 5.92 Å². The molecule has 0 aromatic carbocycles. The quantitative estimate of drug-likeness (QED) is 0.626. The van der Waals surface area contributed by atoms with Crippen LogP contribution in [-0.2, 0) is 4.79 Å². The van der Waals surface area contributed by atoms with Crippen LogP contribution >= 0.6 is 0 Å². The van der Waals surface area contributed by atoms with Crippen molar-refractivity contribution in [3.05, 3.63) is 0 Å². The van der Waals surface area contributed by atoms with Crippen molar-refractivity contribution in [2.75, 3.05) is 13.1 Å². The van der Waals surface area contributed by atoms with Gasteiger partial charge in [0.1, 0.15) is 0 Å². The average molecular weight is 203 g/mol. The van der Waals surface area contributed by atoms with Gasteiger partial charge in [-0.1, -0.05) is 41.5 Å². The lowest BCUT2D eigenvalue weighted by molar-refractivity contribution is -0.118. The van der Waals surface area contributed by atoms with Crippen molar-refractivity contribution < 1.29 is 4.79 Å². The van der Waals surface area contributed by atoms with E-state index in [0.717, 1.165) is 25.9 Å². The van der Waals surface area contributed by atoms with E-state index < -0.39 is 0 Å². The van der Waals surface area contributed by atoms with Crippen molar-refractivity contribution >= 4 is 6.41 Å². The molecule has 0 aromatic heterocycles. The maximum atomic E-state index is 10.3. The van der Waals surface area contributed by atoms with Gasteiger partial charge in [0.2, 0.25) is 6.41 Å². The molecular formula is C12H29NO. The van der Waals surface area contributed by atoms with Gasteiger partial charge in [-0.25, -0.2) is 0 Å². The monoisotopic (exact) mass is 203 g/mol. The highest BCUT2D eigenvalue weighted by Crippen LogP contribution is 1.99. The highest BCUT2D eigenvalue weighted by molar-refractivity contribution is 5.46. The Labute approximate surface area is 90.7 Å². The van der Waals surface area contributed by atoms with Gasteiger partial charge in [-0.15, -0.1) is 0 Å². The van der Waals surface area contributed by atoms with Gasteiger partial charge in [-0.3, -0.25) is 4.79 Å². The van der Waals surface area contributed by atoms with Crippen molar-refractivity contribution in [1.82, 2.24) is 4.90 Å². The van der Waals surface area contributed by atoms with Crippen molar-refractivity contribution in [3.8, 4) is 0 Å². The summed E-state index contributed by atoms with van der Waals surface area (Å²) in [6.07, 6.45) is 2.02. The third kappa shape index (κ3) is 17.5. The van der Waals surface area contributed by atoms with Gasteiger partial charge in [-0.2, -0.15) is 0 Å². The molecule has 0 bridgehead atoms. The summed E-state index contributed by atoms with van der Waals surface area (Å²) in [5.74, 6) is 0.689. The van der Waals surface area contributed by atoms with Crippen LogP contribution in [0.3, 0.4) is 0 Å². The summed E-state index contributed by atoms with van der Waals surface area (Å²) in [6.45, 7) is 16.1. The number of nitrogens with zero attached hydrogens (tertiary/aromatic N) is 1. The summed E-state index contributed by atoms with van der Waals surface area (Å²) < 4.78 is 0. The van der Waals surface area contributed by atoms with Crippen LogP contribution < -0.4 is 0 Å². The molecule has 2 heteroatoms. The Bertz CT molecular complexity index is 92.3. The minimum Gasteiger partial charge on any atom is -0.346 e. The van der Waals surface area contributed by atoms with E-state index >= 15 is 0 Å². The Balaban J connectivity index is -0.000000266. The lowest BCUT2D eigenvalue weighted by Crippen LogP contribution is -2.23. The first-order chi connectivity index (χ1) is 6.70. The number of hydrogen-bond acceptors (Lipinski definition) is 1. The smallest absolute Gasteiger partial charge is 0.209 e. The summed E-state index contributed by atoms with van der Waals surface area (Å²) in [6, 6.07) is 0. The molecule has 0 saturated heterocycles. The van der Waals surface area contributed by atoms with Crippen LogP contribution in [0.15, 0.2) is 0 Å². The lowest BCUT2D eigenvalue weighted by Gasteiger charge is -2.15. The SMILES string of the molecule is CC.CC.CCN(C=O)CCC(C)C. The average Bonchev–Trinajstić information content (AvgIpc) is 2.25. The summed E-state index contributed by atoms with van der Waals surface area (Å²) in [5.41, 5.74) is 0. The normalized spacial score (nSPS) is 8.00. The summed E-state index contributed by atoms with van der Waals surface area (Å²) in [4.78, 5) is 12.1. The molecule has 0 aliphatic heterocycles. The van der Waals surface area contributed by atoms with Crippen LogP contribution in [0.25, 0.3) is 0 Å². The van der Waals surface area contributed by atoms with Crippen molar-refractivity contribution in [2.24, 2.45) is 5.92 Å². The maximum absolute atomic E-state index is 10.3. The molecule has 0 radical (unpaired) electrons. The molecule has 0 aliphatic rings. The molecule has 0 fully saturated rings. The fourth-order valence-electron chi connectivity index (χ4n) is 0.709. The van der Waals surface area contributed by atoms with Gasteiger partial charge in [0.15, 0.2) is 0 Å². The molecule has 0 atom stereocenters. The van der Waals surface area contributed by atoms with Gasteiger partial charge in [0.25, 0.3) is 0 Å². The zero-order valence-corrected chi connectivity index (χ0v) is 11.1. The standard InChI is InChI=1S/C8H17NO.2C2H6/c1-4-9(7-10)6-5-8(2)3;2*1-2/h7-8H,4-6H2,1-3H3;2*1-2H3. The minimum atomic E-state index is 0.689. The van der Waals surface area contributed by atoms with Crippen LogP contribution in [0.1, 0.15) is 54.9 Å². The third-order valence-electron chi connectivity index (χ3n) is 1.55. The maximum Gasteiger partial charge on any atom is 0.209 e. The fourth-order valence-corrected chi connectivity index (χ4v) is 0.709. The number of carbonyl (C=O) groups is 1. The van der Waals surface area contributed by atoms with E-state index in [9.17, 15) is 4.79 Å². The van der Waals surface area contributed by atoms with E-state index in [2.05, 4.69) is 13.8 Å². The van der Waals surface area contributed by atoms with E-state index in [1.807, 2.05) is 34.6 Å². The Morgan fingerprint density at radius 3 is 1.79 bits per heavy atom. The van der Waals surface area contributed by atoms with E-state index in [4.69, 9.17) is 0 Å². The molecule has 2 nitrogen and oxygen atoms in total. The number of rotatable bonds is 5. The number of hydrogen-bond donors (Lipinski definition) is 0. The third-order valence-corrected chi connectivity index (χ3v) is 1.55. The highest BCUT2D eigenvalue weighted by atomic mass is 16.1. The Morgan fingerprint density at radius 1 is 1.14 bits per heavy atom. The zero-order chi connectivity index (χ0) is 12.0. The molecule has 1 amide bonds. The lowest BCUT2D eigenvalue weighted by atomic mass is 10.1. The Morgan fingerprint density at radius 2 is 1.57 bits per heavy atom. The highest BCUT2D eigenvalue weighted by Gasteiger charge is 1.98. The molecule has 0 rings (SSSR count). The van der Waals surface area contributed by atoms with Gasteiger partial charge >= 0.3 is 0 Å². The van der Waals surface area contributed by atoms with E-state index in [-0.39, 0.29) is 0 Å². The van der Waals surface area contributed by atoms with E-state index in [0.29, 0.717) is 5.92 Å². The number of amides is 1. The van der Waals surface area contributed by atoms with Crippen LogP contribution in [0.5, 0.6) is 0 Å². The molecular weight excluding hydrogens is 174 g/mol. The minimum absolute atomic E-state index is 0.689. The summed E-state index contributed by atoms with van der Waals surface area (Å²) in [7, 11) is 0. The van der Waals surface area contributed by atoms with Crippen LogP contribution in [-0.4, -0.2) is 24.4 Å². The van der Waals surface area contributed by atoms with Crippen molar-refractivity contribution in [3.63, 3.8) is 0 Å². The van der Waals surface area contributed by atoms with Gasteiger partial charge in [0, 0.05) is 13.1 Å². The number of carbonyl (C=O) groups excluding carboxylic acids is 1. The van der Waals surface area contributed by atoms with E-state index in [1.54, 1.807) is 4.90 Å². The topological polar surface area (TPSA) is 20.3 Å². The molecule has 14 heavy (non-hydrogen) atoms. The predicted molar refractivity (Wildman–Crippen MR) is 65.5 cm³/mol. The first-order valence-corrected chi connectivity index (χ1v) is 5.90. The van der Waals surface area contributed by atoms with Crippen LogP contribution in [0.4, 0.5) is 0 Å². The molecule has 0 aromatic rings. The zero-order valence-electron chi connectivity index (χ0n) is 11.1. The largest absolute Gasteiger partial charge is 0.346 e. The Kier molecular flexibility index (Phi) is 25.0. The van der Waals surface area contributed by atoms with E-state index in [1.165, 1.54) is 0 Å². The second kappa shape index (κ2) is 18.3. The molecule has 0 N–H and O–H groups in total. The molecule has 0 aliphatic carbocycles. The Hall–Kier alpha value is -0.530. The second-order valence-electron chi connectivity index (χ2n) is 2.92. The summed E-state index contributed by atoms with van der Waals surface area (Å²) in [5, 5.41) is 0. The first kappa shape index (κ1) is 19.1. The van der Waals surface area contributed by atoms with Crippen molar-refractivity contribution in [2.45, 2.75) is 54.9 Å². The van der Waals surface area contributed by atoms with Gasteiger partial charge in [-0.05, 0) is 19.3 Å². The molecule has 0 heterocycles. The predicted octanol–water partition coefficient (Wildman–Crippen LogP) is 3.56. The second-order valence-corrected chi connectivity index (χ2v) is 2.92. The van der Waals surface area contributed by atoms with Gasteiger partial charge in [0.05, 0.1) is 0 Å². The fraction of sp³-hybridized carbons (Fsp3) is 0.917. The summed E-state index contributed by atoms with van der Waals surface area (Å²) >= 11 is 0. The molecule has 0 unspecified atom stereocenters. The van der Waals surface area contributed by atoms with Crippen LogP contribution in [0.2, 0.25) is 0 Å². The first-order valence-electron chi connectivity index (χ1n) is 5.90. The van der Waals surface area contributed by atoms with Gasteiger partial charge < -0.3 is 4.90 Å². The van der Waals surface area contributed by atoms with Crippen molar-refractivity contribution in [1.29, 1.82) is 0 Å². The molecule has 0 saturated carbocycles.